The molecule has 0 aromatic heterocycles. The maximum Gasteiger partial charge on any atom is 0.317 e. The van der Waals surface area contributed by atoms with Crippen molar-refractivity contribution in [3.8, 4) is 0 Å². The second kappa shape index (κ2) is 6.40. The number of nitrogens with zero attached hydrogens (tertiary/aromatic N) is 1. The van der Waals surface area contributed by atoms with E-state index in [1.54, 1.807) is 0 Å². The average molecular weight is 247 g/mol. The van der Waals surface area contributed by atoms with Gasteiger partial charge >= 0.3 is 6.03 Å². The molecule has 2 amide bonds. The molecule has 0 spiro atoms. The van der Waals surface area contributed by atoms with Crippen LogP contribution in [0.3, 0.4) is 0 Å². The molecule has 1 aliphatic rings. The third-order valence-electron chi connectivity index (χ3n) is 3.14. The van der Waals surface area contributed by atoms with Crippen LogP contribution in [0.2, 0.25) is 0 Å². The van der Waals surface area contributed by atoms with Crippen LogP contribution in [0.1, 0.15) is 24.8 Å². The number of benzene rings is 1. The molecule has 0 saturated heterocycles. The maximum absolute atomic E-state index is 12.1. The Morgan fingerprint density at radius 1 is 1.33 bits per heavy atom. The largest absolute Gasteiger partial charge is 0.334 e. The van der Waals surface area contributed by atoms with E-state index in [0.717, 1.165) is 31.4 Å². The molecule has 1 fully saturated rings. The molecule has 0 heterocycles. The van der Waals surface area contributed by atoms with Crippen molar-refractivity contribution in [3.63, 3.8) is 0 Å². The van der Waals surface area contributed by atoms with E-state index in [1.165, 1.54) is 0 Å². The maximum atomic E-state index is 12.1. The van der Waals surface area contributed by atoms with E-state index >= 15 is 0 Å². The zero-order valence-corrected chi connectivity index (χ0v) is 10.6. The lowest BCUT2D eigenvalue weighted by Crippen LogP contribution is -2.42. The standard InChI is InChI=1S/C14H21N3O/c15-9-4-10-17(13-7-8-13)14(18)16-11-12-5-2-1-3-6-12/h1-3,5-6,13H,4,7-11,15H2,(H,16,18). The number of carbonyl (C=O) groups excluding carboxylic acids is 1. The molecule has 18 heavy (non-hydrogen) atoms. The molecule has 1 aromatic carbocycles. The zero-order chi connectivity index (χ0) is 12.8. The Labute approximate surface area is 108 Å². The van der Waals surface area contributed by atoms with Crippen LogP contribution >= 0.6 is 0 Å². The van der Waals surface area contributed by atoms with Crippen LogP contribution in [0.25, 0.3) is 0 Å². The van der Waals surface area contributed by atoms with Gasteiger partial charge in [0.25, 0.3) is 0 Å². The minimum absolute atomic E-state index is 0.0369. The molecule has 4 heteroatoms. The topological polar surface area (TPSA) is 58.4 Å². The molecular weight excluding hydrogens is 226 g/mol. The minimum atomic E-state index is 0.0369. The van der Waals surface area contributed by atoms with Gasteiger partial charge in [-0.05, 0) is 31.4 Å². The highest BCUT2D eigenvalue weighted by Gasteiger charge is 2.31. The number of nitrogens with two attached hydrogens (primary N) is 1. The van der Waals surface area contributed by atoms with Gasteiger partial charge in [-0.25, -0.2) is 4.79 Å². The van der Waals surface area contributed by atoms with Crippen molar-refractivity contribution < 1.29 is 4.79 Å². The summed E-state index contributed by atoms with van der Waals surface area (Å²) < 4.78 is 0. The number of hydrogen-bond acceptors (Lipinski definition) is 2. The van der Waals surface area contributed by atoms with Crippen LogP contribution in [0, 0.1) is 0 Å². The van der Waals surface area contributed by atoms with E-state index in [1.807, 2.05) is 35.2 Å². The highest BCUT2D eigenvalue weighted by atomic mass is 16.2. The first-order chi connectivity index (χ1) is 8.81. The number of urea groups is 1. The number of nitrogens with one attached hydrogen (secondary N) is 1. The third-order valence-corrected chi connectivity index (χ3v) is 3.14. The predicted molar refractivity (Wildman–Crippen MR) is 72.1 cm³/mol. The Bertz CT molecular complexity index is 376. The van der Waals surface area contributed by atoms with E-state index in [4.69, 9.17) is 5.73 Å². The second-order valence-electron chi connectivity index (χ2n) is 4.71. The van der Waals surface area contributed by atoms with Gasteiger partial charge < -0.3 is 16.0 Å². The van der Waals surface area contributed by atoms with Crippen molar-refractivity contribution in [2.75, 3.05) is 13.1 Å². The van der Waals surface area contributed by atoms with Crippen molar-refractivity contribution in [1.29, 1.82) is 0 Å². The number of rotatable bonds is 6. The van der Waals surface area contributed by atoms with Crippen LogP contribution < -0.4 is 11.1 Å². The molecule has 3 N–H and O–H groups in total. The monoisotopic (exact) mass is 247 g/mol. The van der Waals surface area contributed by atoms with Gasteiger partial charge in [0.1, 0.15) is 0 Å². The molecule has 0 aliphatic heterocycles. The fraction of sp³-hybridized carbons (Fsp3) is 0.500. The third kappa shape index (κ3) is 3.74. The molecule has 0 unspecified atom stereocenters. The lowest BCUT2D eigenvalue weighted by atomic mass is 10.2. The first-order valence-corrected chi connectivity index (χ1v) is 6.59. The van der Waals surface area contributed by atoms with Gasteiger partial charge in [0, 0.05) is 19.1 Å². The highest BCUT2D eigenvalue weighted by Crippen LogP contribution is 2.26. The van der Waals surface area contributed by atoms with Crippen LogP contribution in [-0.4, -0.2) is 30.1 Å². The average Bonchev–Trinajstić information content (AvgIpc) is 3.22. The molecule has 4 nitrogen and oxygen atoms in total. The van der Waals surface area contributed by atoms with Gasteiger partial charge in [0.05, 0.1) is 0 Å². The molecule has 1 aliphatic carbocycles. The van der Waals surface area contributed by atoms with Gasteiger partial charge in [-0.1, -0.05) is 30.3 Å². The van der Waals surface area contributed by atoms with E-state index in [-0.39, 0.29) is 6.03 Å². The van der Waals surface area contributed by atoms with E-state index in [0.29, 0.717) is 19.1 Å². The second-order valence-corrected chi connectivity index (χ2v) is 4.71. The Balaban J connectivity index is 1.81. The molecule has 0 atom stereocenters. The summed E-state index contributed by atoms with van der Waals surface area (Å²) >= 11 is 0. The van der Waals surface area contributed by atoms with Crippen molar-refractivity contribution in [3.05, 3.63) is 35.9 Å². The first-order valence-electron chi connectivity index (χ1n) is 6.59. The van der Waals surface area contributed by atoms with Crippen LogP contribution in [-0.2, 0) is 6.54 Å². The van der Waals surface area contributed by atoms with Gasteiger partial charge in [-0.3, -0.25) is 0 Å². The zero-order valence-electron chi connectivity index (χ0n) is 10.6. The molecule has 1 saturated carbocycles. The highest BCUT2D eigenvalue weighted by molar-refractivity contribution is 5.74. The smallest absolute Gasteiger partial charge is 0.317 e. The Hall–Kier alpha value is -1.55. The van der Waals surface area contributed by atoms with Gasteiger partial charge in [-0.2, -0.15) is 0 Å². The molecular formula is C14H21N3O. The van der Waals surface area contributed by atoms with E-state index in [9.17, 15) is 4.79 Å². The fourth-order valence-electron chi connectivity index (χ4n) is 1.97. The quantitative estimate of drug-likeness (QED) is 0.804. The summed E-state index contributed by atoms with van der Waals surface area (Å²) in [4.78, 5) is 14.0. The number of carbonyl (C=O) groups is 1. The van der Waals surface area contributed by atoms with Crippen molar-refractivity contribution in [2.24, 2.45) is 5.73 Å². The molecule has 1 aromatic rings. The summed E-state index contributed by atoms with van der Waals surface area (Å²) in [6.07, 6.45) is 3.13. The summed E-state index contributed by atoms with van der Waals surface area (Å²) in [7, 11) is 0. The Morgan fingerprint density at radius 2 is 2.06 bits per heavy atom. The lowest BCUT2D eigenvalue weighted by Gasteiger charge is -2.22. The van der Waals surface area contributed by atoms with Crippen LogP contribution in [0.5, 0.6) is 0 Å². The summed E-state index contributed by atoms with van der Waals surface area (Å²) in [6.45, 7) is 1.99. The lowest BCUT2D eigenvalue weighted by molar-refractivity contribution is 0.194. The Kier molecular flexibility index (Phi) is 4.59. The van der Waals surface area contributed by atoms with Gasteiger partial charge in [-0.15, -0.1) is 0 Å². The van der Waals surface area contributed by atoms with Crippen LogP contribution in [0.15, 0.2) is 30.3 Å². The molecule has 98 valence electrons. The summed E-state index contributed by atoms with van der Waals surface area (Å²) in [5.41, 5.74) is 6.63. The SMILES string of the molecule is NCCCN(C(=O)NCc1ccccc1)C1CC1. The number of amides is 2. The molecule has 0 bridgehead atoms. The molecule has 0 radical (unpaired) electrons. The fourth-order valence-corrected chi connectivity index (χ4v) is 1.97. The van der Waals surface area contributed by atoms with Gasteiger partial charge in [0.2, 0.25) is 0 Å². The van der Waals surface area contributed by atoms with Gasteiger partial charge in [0.15, 0.2) is 0 Å². The molecule has 2 rings (SSSR count). The normalized spacial score (nSPS) is 14.3. The van der Waals surface area contributed by atoms with Crippen molar-refractivity contribution in [2.45, 2.75) is 31.8 Å². The number of hydrogen-bond donors (Lipinski definition) is 2. The summed E-state index contributed by atoms with van der Waals surface area (Å²) in [5, 5.41) is 2.98. The summed E-state index contributed by atoms with van der Waals surface area (Å²) in [5.74, 6) is 0. The Morgan fingerprint density at radius 3 is 2.67 bits per heavy atom. The predicted octanol–water partition coefficient (Wildman–Crippen LogP) is 1.71. The van der Waals surface area contributed by atoms with Crippen LogP contribution in [0.4, 0.5) is 4.79 Å². The summed E-state index contributed by atoms with van der Waals surface area (Å²) in [6, 6.07) is 10.4. The van der Waals surface area contributed by atoms with Crippen molar-refractivity contribution >= 4 is 6.03 Å². The van der Waals surface area contributed by atoms with E-state index in [2.05, 4.69) is 5.32 Å². The first kappa shape index (κ1) is 12.9. The van der Waals surface area contributed by atoms with E-state index < -0.39 is 0 Å². The van der Waals surface area contributed by atoms with Crippen molar-refractivity contribution in [1.82, 2.24) is 10.2 Å². The minimum Gasteiger partial charge on any atom is -0.334 e.